The second-order valence-corrected chi connectivity index (χ2v) is 9.67. The highest BCUT2D eigenvalue weighted by Gasteiger charge is 2.44. The zero-order chi connectivity index (χ0) is 14.2. The maximum absolute atomic E-state index is 3.94. The van der Waals surface area contributed by atoms with E-state index in [2.05, 4.69) is 42.7 Å². The fourth-order valence-electron chi connectivity index (χ4n) is 4.62. The molecule has 2 saturated heterocycles. The second kappa shape index (κ2) is 5.81. The second-order valence-electron chi connectivity index (χ2n) is 7.99. The topological polar surface area (TPSA) is 15.3 Å². The third-order valence-electron chi connectivity index (χ3n) is 5.83. The molecule has 1 aliphatic carbocycles. The lowest BCUT2D eigenvalue weighted by Gasteiger charge is -2.50. The average molecular weight is 297 g/mol. The summed E-state index contributed by atoms with van der Waals surface area (Å²) in [7, 11) is 0. The van der Waals surface area contributed by atoms with Gasteiger partial charge in [-0.25, -0.2) is 0 Å². The van der Waals surface area contributed by atoms with Gasteiger partial charge in [-0.1, -0.05) is 26.7 Å². The van der Waals surface area contributed by atoms with Crippen LogP contribution in [0.2, 0.25) is 0 Å². The van der Waals surface area contributed by atoms with E-state index in [0.29, 0.717) is 10.3 Å². The maximum Gasteiger partial charge on any atom is 0.0309 e. The standard InChI is InChI=1S/C17H32N2S/c1-14(2)15-11-18-17(8-4-5-9-17)13-19(15)12-16(3)7-6-10-20-16/h14-15,18H,4-13H2,1-3H3. The first kappa shape index (κ1) is 15.2. The molecule has 3 rings (SSSR count). The van der Waals surface area contributed by atoms with Gasteiger partial charge in [0.05, 0.1) is 0 Å². The predicted molar refractivity (Wildman–Crippen MR) is 89.5 cm³/mol. The number of nitrogens with zero attached hydrogens (tertiary/aromatic N) is 1. The van der Waals surface area contributed by atoms with E-state index in [1.807, 2.05) is 0 Å². The van der Waals surface area contributed by atoms with Gasteiger partial charge in [-0.15, -0.1) is 0 Å². The van der Waals surface area contributed by atoms with Crippen LogP contribution in [0.1, 0.15) is 59.3 Å². The summed E-state index contributed by atoms with van der Waals surface area (Å²) in [5.74, 6) is 2.14. The summed E-state index contributed by atoms with van der Waals surface area (Å²) in [4.78, 5) is 2.87. The van der Waals surface area contributed by atoms with Gasteiger partial charge < -0.3 is 5.32 Å². The van der Waals surface area contributed by atoms with E-state index in [1.54, 1.807) is 0 Å². The van der Waals surface area contributed by atoms with Crippen molar-refractivity contribution in [3.63, 3.8) is 0 Å². The molecular formula is C17H32N2S. The molecule has 1 N–H and O–H groups in total. The van der Waals surface area contributed by atoms with Gasteiger partial charge in [-0.2, -0.15) is 11.8 Å². The van der Waals surface area contributed by atoms with Gasteiger partial charge in [0.15, 0.2) is 0 Å². The van der Waals surface area contributed by atoms with Gasteiger partial charge in [-0.05, 0) is 44.3 Å². The summed E-state index contributed by atoms with van der Waals surface area (Å²) in [5, 5.41) is 3.94. The van der Waals surface area contributed by atoms with Crippen molar-refractivity contribution >= 4 is 11.8 Å². The minimum absolute atomic E-state index is 0.463. The van der Waals surface area contributed by atoms with E-state index in [9.17, 15) is 0 Å². The van der Waals surface area contributed by atoms with Crippen LogP contribution in [0.5, 0.6) is 0 Å². The van der Waals surface area contributed by atoms with Gasteiger partial charge in [-0.3, -0.25) is 4.90 Å². The van der Waals surface area contributed by atoms with Crippen LogP contribution in [0.3, 0.4) is 0 Å². The Balaban J connectivity index is 1.71. The Bertz CT molecular complexity index is 328. The smallest absolute Gasteiger partial charge is 0.0309 e. The fraction of sp³-hybridized carbons (Fsp3) is 1.00. The zero-order valence-corrected chi connectivity index (χ0v) is 14.4. The van der Waals surface area contributed by atoms with Crippen molar-refractivity contribution in [1.82, 2.24) is 10.2 Å². The molecule has 2 heterocycles. The van der Waals surface area contributed by atoms with Gasteiger partial charge in [0.2, 0.25) is 0 Å². The van der Waals surface area contributed by atoms with Crippen LogP contribution < -0.4 is 5.32 Å². The van der Waals surface area contributed by atoms with Crippen molar-refractivity contribution in [2.24, 2.45) is 5.92 Å². The van der Waals surface area contributed by atoms with Crippen molar-refractivity contribution in [3.05, 3.63) is 0 Å². The molecular weight excluding hydrogens is 264 g/mol. The van der Waals surface area contributed by atoms with Crippen LogP contribution in [-0.4, -0.2) is 46.6 Å². The molecule has 2 atom stereocenters. The van der Waals surface area contributed by atoms with E-state index in [1.165, 1.54) is 63.9 Å². The molecule has 3 aliphatic rings. The normalized spacial score (nSPS) is 38.1. The number of hydrogen-bond acceptors (Lipinski definition) is 3. The van der Waals surface area contributed by atoms with Gasteiger partial charge in [0.25, 0.3) is 0 Å². The van der Waals surface area contributed by atoms with E-state index in [-0.39, 0.29) is 0 Å². The molecule has 2 aliphatic heterocycles. The largest absolute Gasteiger partial charge is 0.308 e. The maximum atomic E-state index is 3.94. The summed E-state index contributed by atoms with van der Waals surface area (Å²) in [6.45, 7) is 11.1. The number of rotatable bonds is 3. The third kappa shape index (κ3) is 3.05. The Morgan fingerprint density at radius 3 is 2.55 bits per heavy atom. The Kier molecular flexibility index (Phi) is 4.41. The molecule has 0 aromatic heterocycles. The monoisotopic (exact) mass is 296 g/mol. The first-order chi connectivity index (χ1) is 9.52. The molecule has 0 aromatic rings. The van der Waals surface area contributed by atoms with Crippen molar-refractivity contribution < 1.29 is 0 Å². The molecule has 0 radical (unpaired) electrons. The van der Waals surface area contributed by atoms with Crippen LogP contribution in [0.4, 0.5) is 0 Å². The Labute approximate surface area is 129 Å². The van der Waals surface area contributed by atoms with Gasteiger partial charge in [0.1, 0.15) is 0 Å². The molecule has 0 bridgehead atoms. The van der Waals surface area contributed by atoms with Gasteiger partial charge in [0, 0.05) is 36.0 Å². The van der Waals surface area contributed by atoms with E-state index in [0.717, 1.165) is 12.0 Å². The molecule has 1 saturated carbocycles. The SMILES string of the molecule is CC(C)C1CNC2(CCCC2)CN1CC1(C)CCCS1. The molecule has 3 heteroatoms. The summed E-state index contributed by atoms with van der Waals surface area (Å²) < 4.78 is 0.518. The summed E-state index contributed by atoms with van der Waals surface area (Å²) in [6, 6.07) is 0.735. The number of piperazine rings is 1. The highest BCUT2D eigenvalue weighted by atomic mass is 32.2. The first-order valence-electron chi connectivity index (χ1n) is 8.65. The van der Waals surface area contributed by atoms with Crippen molar-refractivity contribution in [2.45, 2.75) is 75.6 Å². The Morgan fingerprint density at radius 1 is 1.20 bits per heavy atom. The quantitative estimate of drug-likeness (QED) is 0.858. The summed E-state index contributed by atoms with van der Waals surface area (Å²) in [6.07, 6.45) is 8.50. The van der Waals surface area contributed by atoms with Gasteiger partial charge >= 0.3 is 0 Å². The van der Waals surface area contributed by atoms with E-state index < -0.39 is 0 Å². The Hall–Kier alpha value is 0.270. The summed E-state index contributed by atoms with van der Waals surface area (Å²) >= 11 is 2.22. The van der Waals surface area contributed by atoms with Crippen LogP contribution in [0, 0.1) is 5.92 Å². The number of nitrogens with one attached hydrogen (secondary N) is 1. The lowest BCUT2D eigenvalue weighted by Crippen LogP contribution is -2.65. The lowest BCUT2D eigenvalue weighted by molar-refractivity contribution is 0.0501. The van der Waals surface area contributed by atoms with E-state index >= 15 is 0 Å². The molecule has 3 fully saturated rings. The third-order valence-corrected chi connectivity index (χ3v) is 7.35. The summed E-state index contributed by atoms with van der Waals surface area (Å²) in [5.41, 5.74) is 0.463. The van der Waals surface area contributed by atoms with Crippen LogP contribution >= 0.6 is 11.8 Å². The zero-order valence-electron chi connectivity index (χ0n) is 13.6. The molecule has 2 nitrogen and oxygen atoms in total. The minimum atomic E-state index is 0.463. The molecule has 116 valence electrons. The lowest BCUT2D eigenvalue weighted by atomic mass is 9.88. The highest BCUT2D eigenvalue weighted by Crippen LogP contribution is 2.41. The molecule has 0 amide bonds. The average Bonchev–Trinajstić information content (AvgIpc) is 2.99. The first-order valence-corrected chi connectivity index (χ1v) is 9.64. The number of hydrogen-bond donors (Lipinski definition) is 1. The molecule has 2 unspecified atom stereocenters. The molecule has 0 aromatic carbocycles. The Morgan fingerprint density at radius 2 is 1.95 bits per heavy atom. The predicted octanol–water partition coefficient (Wildman–Crippen LogP) is 3.51. The fourth-order valence-corrected chi connectivity index (χ4v) is 5.95. The van der Waals surface area contributed by atoms with Crippen molar-refractivity contribution in [1.29, 1.82) is 0 Å². The van der Waals surface area contributed by atoms with E-state index in [4.69, 9.17) is 0 Å². The highest BCUT2D eigenvalue weighted by molar-refractivity contribution is 8.00. The minimum Gasteiger partial charge on any atom is -0.308 e. The molecule has 20 heavy (non-hydrogen) atoms. The van der Waals surface area contributed by atoms with Crippen molar-refractivity contribution in [2.75, 3.05) is 25.4 Å². The van der Waals surface area contributed by atoms with Crippen LogP contribution in [-0.2, 0) is 0 Å². The van der Waals surface area contributed by atoms with Crippen molar-refractivity contribution in [3.8, 4) is 0 Å². The van der Waals surface area contributed by atoms with Crippen LogP contribution in [0.15, 0.2) is 0 Å². The molecule has 1 spiro atoms. The number of thioether (sulfide) groups is 1. The van der Waals surface area contributed by atoms with Crippen LogP contribution in [0.25, 0.3) is 0 Å².